The monoisotopic (exact) mass is 463 g/mol. The molecule has 0 aliphatic rings. The minimum absolute atomic E-state index is 0.751. The van der Waals surface area contributed by atoms with Crippen molar-refractivity contribution in [2.45, 2.75) is 0 Å². The molecule has 3 heterocycles. The standard InChI is InChI=1S/C31H21N5/c1-2-10-22(11-3-1)30-33-34-31(36(30)29-16-8-9-21-32-29)23-17-19-24(20-18-23)35-27-14-6-4-12-25(27)26-13-5-7-15-28(26)35/h1-21H. The summed E-state index contributed by atoms with van der Waals surface area (Å²) in [4.78, 5) is 4.60. The highest BCUT2D eigenvalue weighted by molar-refractivity contribution is 6.09. The molecule has 0 saturated heterocycles. The number of rotatable bonds is 4. The van der Waals surface area contributed by atoms with Gasteiger partial charge in [-0.1, -0.05) is 72.8 Å². The van der Waals surface area contributed by atoms with Crippen LogP contribution < -0.4 is 0 Å². The van der Waals surface area contributed by atoms with E-state index in [-0.39, 0.29) is 0 Å². The first-order valence-electron chi connectivity index (χ1n) is 11.9. The number of hydrogen-bond acceptors (Lipinski definition) is 3. The highest BCUT2D eigenvalue weighted by atomic mass is 15.3. The van der Waals surface area contributed by atoms with E-state index >= 15 is 0 Å². The molecule has 7 rings (SSSR count). The van der Waals surface area contributed by atoms with Gasteiger partial charge >= 0.3 is 0 Å². The van der Waals surface area contributed by atoms with Crippen molar-refractivity contribution >= 4 is 21.8 Å². The Bertz CT molecular complexity index is 1760. The van der Waals surface area contributed by atoms with E-state index in [0.29, 0.717) is 0 Å². The molecule has 0 radical (unpaired) electrons. The van der Waals surface area contributed by atoms with E-state index in [9.17, 15) is 0 Å². The molecule has 3 aromatic heterocycles. The van der Waals surface area contributed by atoms with Crippen LogP contribution in [0.4, 0.5) is 0 Å². The summed E-state index contributed by atoms with van der Waals surface area (Å²) in [6.45, 7) is 0. The highest BCUT2D eigenvalue weighted by Crippen LogP contribution is 2.33. The second kappa shape index (κ2) is 8.32. The lowest BCUT2D eigenvalue weighted by atomic mass is 10.1. The lowest BCUT2D eigenvalue weighted by molar-refractivity contribution is 1.01. The van der Waals surface area contributed by atoms with Gasteiger partial charge in [0.2, 0.25) is 0 Å². The SMILES string of the molecule is c1ccc(-c2nnc(-c3ccc(-n4c5ccccc5c5ccccc54)cc3)n2-c2ccccn2)cc1. The maximum absolute atomic E-state index is 4.60. The maximum atomic E-state index is 4.60. The number of fused-ring (bicyclic) bond motifs is 3. The summed E-state index contributed by atoms with van der Waals surface area (Å²) in [5.41, 5.74) is 5.44. The van der Waals surface area contributed by atoms with Crippen LogP contribution in [0.25, 0.3) is 56.1 Å². The zero-order valence-electron chi connectivity index (χ0n) is 19.4. The number of nitrogens with zero attached hydrogens (tertiary/aromatic N) is 5. The van der Waals surface area contributed by atoms with Gasteiger partial charge in [0.15, 0.2) is 11.6 Å². The third-order valence-electron chi connectivity index (χ3n) is 6.54. The van der Waals surface area contributed by atoms with Crippen LogP contribution in [-0.2, 0) is 0 Å². The molecule has 170 valence electrons. The van der Waals surface area contributed by atoms with Crippen molar-refractivity contribution in [1.82, 2.24) is 24.3 Å². The fourth-order valence-electron chi connectivity index (χ4n) is 4.91. The lowest BCUT2D eigenvalue weighted by Crippen LogP contribution is -2.02. The highest BCUT2D eigenvalue weighted by Gasteiger charge is 2.18. The molecule has 0 fully saturated rings. The van der Waals surface area contributed by atoms with Crippen molar-refractivity contribution in [3.8, 4) is 34.3 Å². The molecule has 0 unspecified atom stereocenters. The van der Waals surface area contributed by atoms with E-state index < -0.39 is 0 Å². The summed E-state index contributed by atoms with van der Waals surface area (Å²) in [6, 6.07) is 41.6. The number of benzene rings is 4. The van der Waals surface area contributed by atoms with E-state index in [0.717, 1.165) is 34.3 Å². The summed E-state index contributed by atoms with van der Waals surface area (Å²) < 4.78 is 4.33. The summed E-state index contributed by atoms with van der Waals surface area (Å²) in [5, 5.41) is 11.7. The van der Waals surface area contributed by atoms with Gasteiger partial charge in [-0.25, -0.2) is 4.98 Å². The topological polar surface area (TPSA) is 48.5 Å². The second-order valence-corrected chi connectivity index (χ2v) is 8.65. The molecule has 5 heteroatoms. The van der Waals surface area contributed by atoms with Crippen molar-refractivity contribution < 1.29 is 0 Å². The zero-order chi connectivity index (χ0) is 23.9. The number of hydrogen-bond donors (Lipinski definition) is 0. The number of aromatic nitrogens is 5. The fraction of sp³-hybridized carbons (Fsp3) is 0. The van der Waals surface area contributed by atoms with Crippen LogP contribution in [0.5, 0.6) is 0 Å². The van der Waals surface area contributed by atoms with Gasteiger partial charge in [-0.15, -0.1) is 10.2 Å². The number of pyridine rings is 1. The Kier molecular flexibility index (Phi) is 4.71. The van der Waals surface area contributed by atoms with Crippen LogP contribution >= 0.6 is 0 Å². The third-order valence-corrected chi connectivity index (χ3v) is 6.54. The first-order chi connectivity index (χ1) is 17.9. The predicted molar refractivity (Wildman–Crippen MR) is 144 cm³/mol. The third kappa shape index (κ3) is 3.21. The lowest BCUT2D eigenvalue weighted by Gasteiger charge is -2.11. The molecule has 0 saturated carbocycles. The summed E-state index contributed by atoms with van der Waals surface area (Å²) in [5.74, 6) is 2.29. The second-order valence-electron chi connectivity index (χ2n) is 8.65. The van der Waals surface area contributed by atoms with Crippen LogP contribution in [0.2, 0.25) is 0 Å². The van der Waals surface area contributed by atoms with Crippen LogP contribution in [0, 0.1) is 0 Å². The van der Waals surface area contributed by atoms with Gasteiger partial charge in [0.05, 0.1) is 11.0 Å². The van der Waals surface area contributed by atoms with Crippen molar-refractivity contribution in [2.75, 3.05) is 0 Å². The van der Waals surface area contributed by atoms with Gasteiger partial charge in [-0.05, 0) is 48.5 Å². The Hall–Kier alpha value is -5.03. The smallest absolute Gasteiger partial charge is 0.170 e. The van der Waals surface area contributed by atoms with Gasteiger partial charge in [0, 0.05) is 33.8 Å². The molecule has 0 atom stereocenters. The first kappa shape index (κ1) is 20.4. The minimum Gasteiger partial charge on any atom is -0.309 e. The molecule has 0 spiro atoms. The molecule has 0 amide bonds. The van der Waals surface area contributed by atoms with E-state index in [1.807, 2.05) is 53.1 Å². The molecule has 0 aliphatic heterocycles. The predicted octanol–water partition coefficient (Wildman–Crippen LogP) is 7.09. The first-order valence-corrected chi connectivity index (χ1v) is 11.9. The largest absolute Gasteiger partial charge is 0.309 e. The van der Waals surface area contributed by atoms with Gasteiger partial charge in [-0.3, -0.25) is 4.57 Å². The average molecular weight is 464 g/mol. The fourth-order valence-corrected chi connectivity index (χ4v) is 4.91. The Morgan fingerprint density at radius 2 is 1.00 bits per heavy atom. The van der Waals surface area contributed by atoms with E-state index in [2.05, 4.69) is 92.5 Å². The van der Waals surface area contributed by atoms with Crippen LogP contribution in [0.15, 0.2) is 128 Å². The van der Waals surface area contributed by atoms with Gasteiger partial charge < -0.3 is 4.57 Å². The van der Waals surface area contributed by atoms with Gasteiger partial charge in [-0.2, -0.15) is 0 Å². The van der Waals surface area contributed by atoms with Crippen LogP contribution in [0.1, 0.15) is 0 Å². The average Bonchev–Trinajstić information content (AvgIpc) is 3.54. The Balaban J connectivity index is 1.39. The summed E-state index contributed by atoms with van der Waals surface area (Å²) in [6.07, 6.45) is 1.79. The maximum Gasteiger partial charge on any atom is 0.170 e. The van der Waals surface area contributed by atoms with Crippen molar-refractivity contribution in [3.63, 3.8) is 0 Å². The number of para-hydroxylation sites is 2. The minimum atomic E-state index is 0.751. The molecule has 0 N–H and O–H groups in total. The quantitative estimate of drug-likeness (QED) is 0.280. The van der Waals surface area contributed by atoms with Crippen molar-refractivity contribution in [2.24, 2.45) is 0 Å². The van der Waals surface area contributed by atoms with E-state index in [1.165, 1.54) is 21.8 Å². The van der Waals surface area contributed by atoms with Gasteiger partial charge in [0.1, 0.15) is 5.82 Å². The summed E-state index contributed by atoms with van der Waals surface area (Å²) >= 11 is 0. The van der Waals surface area contributed by atoms with Crippen molar-refractivity contribution in [3.05, 3.63) is 128 Å². The van der Waals surface area contributed by atoms with E-state index in [4.69, 9.17) is 0 Å². The molecule has 0 aliphatic carbocycles. The van der Waals surface area contributed by atoms with Crippen LogP contribution in [0.3, 0.4) is 0 Å². The molecule has 7 aromatic rings. The molecule has 5 nitrogen and oxygen atoms in total. The van der Waals surface area contributed by atoms with E-state index in [1.54, 1.807) is 6.20 Å². The van der Waals surface area contributed by atoms with Crippen molar-refractivity contribution in [1.29, 1.82) is 0 Å². The van der Waals surface area contributed by atoms with Crippen LogP contribution in [-0.4, -0.2) is 24.3 Å². The molecular weight excluding hydrogens is 442 g/mol. The van der Waals surface area contributed by atoms with Gasteiger partial charge in [0.25, 0.3) is 0 Å². The molecule has 4 aromatic carbocycles. The molecule has 36 heavy (non-hydrogen) atoms. The molecular formula is C31H21N5. The summed E-state index contributed by atoms with van der Waals surface area (Å²) in [7, 11) is 0. The Labute approximate surface area is 207 Å². The Morgan fingerprint density at radius 3 is 1.61 bits per heavy atom. The zero-order valence-corrected chi connectivity index (χ0v) is 19.4. The molecule has 0 bridgehead atoms. The Morgan fingerprint density at radius 1 is 0.444 bits per heavy atom. The normalized spacial score (nSPS) is 11.3.